The number of ether oxygens (including phenoxy) is 1. The lowest BCUT2D eigenvalue weighted by molar-refractivity contribution is -0.124. The van der Waals surface area contributed by atoms with Crippen LogP contribution in [0.5, 0.6) is 5.75 Å². The fourth-order valence-corrected chi connectivity index (χ4v) is 3.59. The number of carbonyl (C=O) groups is 1. The van der Waals surface area contributed by atoms with Crippen molar-refractivity contribution < 1.29 is 18.3 Å². The van der Waals surface area contributed by atoms with Gasteiger partial charge in [0.05, 0.1) is 25.2 Å². The molecule has 6 heteroatoms. The maximum Gasteiger partial charge on any atom is 0.262 e. The number of halogens is 2. The molecule has 1 amide bonds. The number of rotatable bonds is 3. The van der Waals surface area contributed by atoms with Gasteiger partial charge < -0.3 is 10.1 Å². The molecule has 2 aromatic rings. The lowest BCUT2D eigenvalue weighted by Gasteiger charge is -2.29. The number of carbonyl (C=O) groups excluding carboxylic acids is 1. The summed E-state index contributed by atoms with van der Waals surface area (Å²) < 4.78 is 32.6. The minimum Gasteiger partial charge on any atom is -0.492 e. The summed E-state index contributed by atoms with van der Waals surface area (Å²) in [6.07, 6.45) is 0.152. The van der Waals surface area contributed by atoms with Gasteiger partial charge in [-0.3, -0.25) is 10.1 Å². The van der Waals surface area contributed by atoms with E-state index in [0.717, 1.165) is 22.4 Å². The van der Waals surface area contributed by atoms with Gasteiger partial charge in [0.25, 0.3) is 5.92 Å². The first kappa shape index (κ1) is 17.0. The summed E-state index contributed by atoms with van der Waals surface area (Å²) in [5.41, 5.74) is 2.89. The second-order valence-electron chi connectivity index (χ2n) is 6.78. The number of nitrogens with one attached hydrogen (secondary N) is 2. The molecule has 2 aliphatic heterocycles. The van der Waals surface area contributed by atoms with Crippen molar-refractivity contribution in [2.75, 3.05) is 13.2 Å². The van der Waals surface area contributed by atoms with Gasteiger partial charge in [0.1, 0.15) is 5.75 Å². The van der Waals surface area contributed by atoms with Crippen molar-refractivity contribution in [3.63, 3.8) is 0 Å². The zero-order valence-corrected chi connectivity index (χ0v) is 14.2. The van der Waals surface area contributed by atoms with Crippen LogP contribution in [0.3, 0.4) is 0 Å². The monoisotopic (exact) mass is 358 g/mol. The first-order valence-electron chi connectivity index (χ1n) is 8.76. The molecule has 0 radical (unpaired) electrons. The lowest BCUT2D eigenvalue weighted by Crippen LogP contribution is -2.43. The Morgan fingerprint density at radius 3 is 2.69 bits per heavy atom. The van der Waals surface area contributed by atoms with E-state index in [1.165, 1.54) is 0 Å². The second-order valence-corrected chi connectivity index (χ2v) is 6.78. The number of hydrogen-bond donors (Lipinski definition) is 2. The van der Waals surface area contributed by atoms with Crippen LogP contribution < -0.4 is 15.4 Å². The molecule has 4 nitrogen and oxygen atoms in total. The molecule has 0 bridgehead atoms. The highest BCUT2D eigenvalue weighted by molar-refractivity contribution is 5.83. The van der Waals surface area contributed by atoms with Crippen LogP contribution in [0.1, 0.15) is 24.4 Å². The number of benzene rings is 2. The summed E-state index contributed by atoms with van der Waals surface area (Å²) in [4.78, 5) is 12.4. The molecule has 1 fully saturated rings. The SMILES string of the molecule is O=C(NC1CCOc2c(-c3ccccc3)cccc21)C1CC(F)(F)CN1. The van der Waals surface area contributed by atoms with Crippen molar-refractivity contribution in [3.8, 4) is 16.9 Å². The van der Waals surface area contributed by atoms with E-state index in [9.17, 15) is 13.6 Å². The Bertz CT molecular complexity index is 811. The molecular formula is C20H20F2N2O2. The second kappa shape index (κ2) is 6.68. The summed E-state index contributed by atoms with van der Waals surface area (Å²) in [6, 6.07) is 14.6. The normalized spacial score (nSPS) is 23.8. The van der Waals surface area contributed by atoms with E-state index in [0.29, 0.717) is 13.0 Å². The van der Waals surface area contributed by atoms with Crippen molar-refractivity contribution in [1.82, 2.24) is 10.6 Å². The Hall–Kier alpha value is -2.47. The van der Waals surface area contributed by atoms with Crippen LogP contribution in [0.25, 0.3) is 11.1 Å². The predicted molar refractivity (Wildman–Crippen MR) is 94.2 cm³/mol. The highest BCUT2D eigenvalue weighted by atomic mass is 19.3. The molecule has 0 saturated carbocycles. The summed E-state index contributed by atoms with van der Waals surface area (Å²) in [6.45, 7) is 0.0175. The highest BCUT2D eigenvalue weighted by Crippen LogP contribution is 2.40. The Morgan fingerprint density at radius 1 is 1.15 bits per heavy atom. The average molecular weight is 358 g/mol. The van der Waals surface area contributed by atoms with Crippen LogP contribution in [-0.2, 0) is 4.79 Å². The van der Waals surface area contributed by atoms with Crippen molar-refractivity contribution >= 4 is 5.91 Å². The number of amides is 1. The van der Waals surface area contributed by atoms with Crippen LogP contribution in [0.4, 0.5) is 8.78 Å². The van der Waals surface area contributed by atoms with Gasteiger partial charge in [0.2, 0.25) is 5.91 Å². The van der Waals surface area contributed by atoms with Gasteiger partial charge in [-0.15, -0.1) is 0 Å². The van der Waals surface area contributed by atoms with E-state index in [1.807, 2.05) is 48.5 Å². The standard InChI is InChI=1S/C20H20F2N2O2/c21-20(22)11-17(23-12-20)19(25)24-16-9-10-26-18-14(7-4-8-15(16)18)13-5-2-1-3-6-13/h1-8,16-17,23H,9-12H2,(H,24,25). The third kappa shape index (κ3) is 3.29. The molecule has 2 aliphatic rings. The third-order valence-electron chi connectivity index (χ3n) is 4.90. The quantitative estimate of drug-likeness (QED) is 0.885. The molecule has 4 rings (SSSR count). The number of para-hydroxylation sites is 1. The maximum absolute atomic E-state index is 13.4. The van der Waals surface area contributed by atoms with Gasteiger partial charge in [-0.25, -0.2) is 8.78 Å². The molecule has 0 spiro atoms. The van der Waals surface area contributed by atoms with Crippen LogP contribution in [-0.4, -0.2) is 31.0 Å². The van der Waals surface area contributed by atoms with E-state index in [-0.39, 0.29) is 11.9 Å². The number of alkyl halides is 2. The van der Waals surface area contributed by atoms with Gasteiger partial charge in [-0.05, 0) is 5.56 Å². The maximum atomic E-state index is 13.4. The van der Waals surface area contributed by atoms with Crippen molar-refractivity contribution in [3.05, 3.63) is 54.1 Å². The zero-order chi connectivity index (χ0) is 18.1. The van der Waals surface area contributed by atoms with E-state index in [1.54, 1.807) is 0 Å². The van der Waals surface area contributed by atoms with Gasteiger partial charge in [-0.2, -0.15) is 0 Å². The smallest absolute Gasteiger partial charge is 0.262 e. The van der Waals surface area contributed by atoms with Crippen LogP contribution in [0.2, 0.25) is 0 Å². The Labute approximate surface area is 150 Å². The molecule has 26 heavy (non-hydrogen) atoms. The van der Waals surface area contributed by atoms with Gasteiger partial charge in [-0.1, -0.05) is 48.5 Å². The average Bonchev–Trinajstić information content (AvgIpc) is 3.02. The zero-order valence-electron chi connectivity index (χ0n) is 14.2. The molecule has 2 aromatic carbocycles. The Morgan fingerprint density at radius 2 is 1.96 bits per heavy atom. The highest BCUT2D eigenvalue weighted by Gasteiger charge is 2.43. The predicted octanol–water partition coefficient (Wildman–Crippen LogP) is 3.29. The molecular weight excluding hydrogens is 338 g/mol. The van der Waals surface area contributed by atoms with Crippen molar-refractivity contribution in [2.45, 2.75) is 30.8 Å². The number of hydrogen-bond acceptors (Lipinski definition) is 3. The summed E-state index contributed by atoms with van der Waals surface area (Å²) in [7, 11) is 0. The lowest BCUT2D eigenvalue weighted by atomic mass is 9.94. The topological polar surface area (TPSA) is 50.4 Å². The Balaban J connectivity index is 1.57. The van der Waals surface area contributed by atoms with Crippen LogP contribution in [0.15, 0.2) is 48.5 Å². The molecule has 136 valence electrons. The van der Waals surface area contributed by atoms with Crippen molar-refractivity contribution in [2.24, 2.45) is 0 Å². The van der Waals surface area contributed by atoms with Gasteiger partial charge in [0.15, 0.2) is 0 Å². The fraction of sp³-hybridized carbons (Fsp3) is 0.350. The molecule has 1 saturated heterocycles. The Kier molecular flexibility index (Phi) is 4.36. The summed E-state index contributed by atoms with van der Waals surface area (Å²) >= 11 is 0. The molecule has 2 N–H and O–H groups in total. The van der Waals surface area contributed by atoms with Crippen LogP contribution in [0, 0.1) is 0 Å². The van der Waals surface area contributed by atoms with Crippen molar-refractivity contribution in [1.29, 1.82) is 0 Å². The van der Waals surface area contributed by atoms with Gasteiger partial charge in [0, 0.05) is 24.0 Å². The summed E-state index contributed by atoms with van der Waals surface area (Å²) in [5.74, 6) is -2.46. The van der Waals surface area contributed by atoms with E-state index in [4.69, 9.17) is 4.74 Å². The summed E-state index contributed by atoms with van der Waals surface area (Å²) in [5, 5.41) is 5.52. The molecule has 2 atom stereocenters. The fourth-order valence-electron chi connectivity index (χ4n) is 3.59. The van der Waals surface area contributed by atoms with Crippen LogP contribution >= 0.6 is 0 Å². The minimum absolute atomic E-state index is 0.245. The third-order valence-corrected chi connectivity index (χ3v) is 4.90. The largest absolute Gasteiger partial charge is 0.492 e. The molecule has 0 aromatic heterocycles. The number of fused-ring (bicyclic) bond motifs is 1. The minimum atomic E-state index is -2.82. The molecule has 2 heterocycles. The van der Waals surface area contributed by atoms with E-state index in [2.05, 4.69) is 10.6 Å². The molecule has 2 unspecified atom stereocenters. The molecule has 0 aliphatic carbocycles. The van der Waals surface area contributed by atoms with E-state index < -0.39 is 24.9 Å². The first-order valence-corrected chi connectivity index (χ1v) is 8.76. The van der Waals surface area contributed by atoms with Gasteiger partial charge >= 0.3 is 0 Å². The first-order chi connectivity index (χ1) is 12.5. The van der Waals surface area contributed by atoms with E-state index >= 15 is 0 Å².